The Bertz CT molecular complexity index is 739. The van der Waals surface area contributed by atoms with Gasteiger partial charge in [-0.3, -0.25) is 4.57 Å². The zero-order valence-electron chi connectivity index (χ0n) is 12.5. The third-order valence-electron chi connectivity index (χ3n) is 4.37. The summed E-state index contributed by atoms with van der Waals surface area (Å²) in [6.45, 7) is 5.62. The first-order valence-electron chi connectivity index (χ1n) is 7.78. The van der Waals surface area contributed by atoms with Crippen molar-refractivity contribution >= 4 is 10.9 Å². The van der Waals surface area contributed by atoms with E-state index in [0.717, 1.165) is 44.8 Å². The highest BCUT2D eigenvalue weighted by molar-refractivity contribution is 5.85. The lowest BCUT2D eigenvalue weighted by atomic mass is 10.1. The number of aromatic amines is 1. The van der Waals surface area contributed by atoms with Gasteiger partial charge in [0.15, 0.2) is 0 Å². The fourth-order valence-corrected chi connectivity index (χ4v) is 3.08. The molecule has 1 aromatic carbocycles. The van der Waals surface area contributed by atoms with Crippen molar-refractivity contribution in [2.24, 2.45) is 0 Å². The summed E-state index contributed by atoms with van der Waals surface area (Å²) < 4.78 is 1.94. The van der Waals surface area contributed by atoms with Crippen molar-refractivity contribution in [1.29, 1.82) is 0 Å². The summed E-state index contributed by atoms with van der Waals surface area (Å²) >= 11 is 0. The number of nitrogens with zero attached hydrogens (tertiary/aromatic N) is 4. The van der Waals surface area contributed by atoms with E-state index < -0.39 is 0 Å². The van der Waals surface area contributed by atoms with Crippen molar-refractivity contribution in [2.45, 2.75) is 6.42 Å². The number of aromatic nitrogens is 4. The van der Waals surface area contributed by atoms with Crippen molar-refractivity contribution in [3.8, 4) is 5.69 Å². The molecular weight excluding hydrogens is 276 g/mol. The molecule has 6 nitrogen and oxygen atoms in total. The van der Waals surface area contributed by atoms with Gasteiger partial charge in [-0.2, -0.15) is 0 Å². The molecule has 3 aromatic rings. The van der Waals surface area contributed by atoms with E-state index in [1.165, 1.54) is 16.5 Å². The molecule has 22 heavy (non-hydrogen) atoms. The summed E-state index contributed by atoms with van der Waals surface area (Å²) in [5.74, 6) is 0. The predicted octanol–water partition coefficient (Wildman–Crippen LogP) is 1.20. The Hall–Kier alpha value is -2.18. The molecule has 3 heterocycles. The Morgan fingerprint density at radius 2 is 1.91 bits per heavy atom. The molecule has 4 rings (SSSR count). The minimum absolute atomic E-state index is 1.08. The van der Waals surface area contributed by atoms with E-state index in [4.69, 9.17) is 0 Å². The van der Waals surface area contributed by atoms with E-state index in [9.17, 15) is 0 Å². The van der Waals surface area contributed by atoms with Crippen LogP contribution >= 0.6 is 0 Å². The quantitative estimate of drug-likeness (QED) is 0.759. The van der Waals surface area contributed by atoms with Gasteiger partial charge in [0.1, 0.15) is 12.7 Å². The Labute approximate surface area is 129 Å². The zero-order valence-corrected chi connectivity index (χ0v) is 12.5. The fourth-order valence-electron chi connectivity index (χ4n) is 3.08. The second-order valence-corrected chi connectivity index (χ2v) is 5.75. The van der Waals surface area contributed by atoms with Gasteiger partial charge in [-0.15, -0.1) is 10.2 Å². The molecule has 1 aliphatic rings. The van der Waals surface area contributed by atoms with Crippen LogP contribution < -0.4 is 5.32 Å². The van der Waals surface area contributed by atoms with Gasteiger partial charge in [0.2, 0.25) is 0 Å². The molecule has 1 saturated heterocycles. The molecule has 1 aliphatic heterocycles. The largest absolute Gasteiger partial charge is 0.361 e. The Morgan fingerprint density at radius 3 is 2.73 bits per heavy atom. The average molecular weight is 296 g/mol. The third kappa shape index (κ3) is 2.63. The minimum Gasteiger partial charge on any atom is -0.361 e. The van der Waals surface area contributed by atoms with Crippen molar-refractivity contribution in [3.63, 3.8) is 0 Å². The van der Waals surface area contributed by atoms with Gasteiger partial charge in [-0.25, -0.2) is 0 Å². The smallest absolute Gasteiger partial charge is 0.123 e. The summed E-state index contributed by atoms with van der Waals surface area (Å²) in [5, 5.41) is 12.4. The van der Waals surface area contributed by atoms with Crippen molar-refractivity contribution < 1.29 is 0 Å². The van der Waals surface area contributed by atoms with Crippen molar-refractivity contribution in [3.05, 3.63) is 42.6 Å². The molecule has 0 aliphatic carbocycles. The first kappa shape index (κ1) is 13.5. The van der Waals surface area contributed by atoms with Crippen molar-refractivity contribution in [1.82, 2.24) is 30.0 Å². The molecule has 0 atom stereocenters. The van der Waals surface area contributed by atoms with Gasteiger partial charge in [0, 0.05) is 55.5 Å². The summed E-state index contributed by atoms with van der Waals surface area (Å²) in [6, 6.07) is 6.42. The maximum Gasteiger partial charge on any atom is 0.123 e. The van der Waals surface area contributed by atoms with Crippen LogP contribution in [0.5, 0.6) is 0 Å². The molecule has 6 heteroatoms. The van der Waals surface area contributed by atoms with E-state index >= 15 is 0 Å². The van der Waals surface area contributed by atoms with E-state index in [2.05, 4.69) is 49.8 Å². The fraction of sp³-hybridized carbons (Fsp3) is 0.375. The molecule has 0 amide bonds. The number of benzene rings is 1. The van der Waals surface area contributed by atoms with Crippen LogP contribution in [0.15, 0.2) is 37.1 Å². The molecule has 0 spiro atoms. The number of hydrogen-bond acceptors (Lipinski definition) is 4. The van der Waals surface area contributed by atoms with Gasteiger partial charge >= 0.3 is 0 Å². The molecule has 1 fully saturated rings. The van der Waals surface area contributed by atoms with Gasteiger partial charge in [-0.1, -0.05) is 0 Å². The van der Waals surface area contributed by atoms with Gasteiger partial charge in [0.25, 0.3) is 0 Å². The van der Waals surface area contributed by atoms with Gasteiger partial charge < -0.3 is 15.2 Å². The first-order valence-corrected chi connectivity index (χ1v) is 7.78. The Kier molecular flexibility index (Phi) is 3.62. The molecule has 2 aromatic heterocycles. The van der Waals surface area contributed by atoms with Crippen LogP contribution in [-0.2, 0) is 6.42 Å². The molecule has 0 bridgehead atoms. The van der Waals surface area contributed by atoms with E-state index in [1.54, 1.807) is 12.7 Å². The lowest BCUT2D eigenvalue weighted by Crippen LogP contribution is -2.44. The van der Waals surface area contributed by atoms with Crippen LogP contribution in [0.2, 0.25) is 0 Å². The van der Waals surface area contributed by atoms with Crippen LogP contribution in [0, 0.1) is 0 Å². The second kappa shape index (κ2) is 5.90. The third-order valence-corrected chi connectivity index (χ3v) is 4.37. The number of rotatable bonds is 4. The number of nitrogens with one attached hydrogen (secondary N) is 2. The van der Waals surface area contributed by atoms with E-state index in [0.29, 0.717) is 0 Å². The maximum atomic E-state index is 3.88. The molecule has 0 radical (unpaired) electrons. The Morgan fingerprint density at radius 1 is 1.09 bits per heavy atom. The topological polar surface area (TPSA) is 61.8 Å². The van der Waals surface area contributed by atoms with Crippen LogP contribution in [0.1, 0.15) is 5.56 Å². The average Bonchev–Trinajstić information content (AvgIpc) is 3.23. The summed E-state index contributed by atoms with van der Waals surface area (Å²) in [4.78, 5) is 5.90. The highest BCUT2D eigenvalue weighted by atomic mass is 15.2. The van der Waals surface area contributed by atoms with Crippen molar-refractivity contribution in [2.75, 3.05) is 32.7 Å². The summed E-state index contributed by atoms with van der Waals surface area (Å²) in [5.41, 5.74) is 3.66. The molecule has 2 N–H and O–H groups in total. The minimum atomic E-state index is 1.08. The standard InChI is InChI=1S/C16H20N6/c1-2-16-15(9-14(1)22-11-19-20-12-22)13(10-18-16)3-6-21-7-4-17-5-8-21/h1-2,9-12,17-18H,3-8H2. The van der Waals surface area contributed by atoms with E-state index in [-0.39, 0.29) is 0 Å². The first-order chi connectivity index (χ1) is 10.9. The molecule has 0 unspecified atom stereocenters. The highest BCUT2D eigenvalue weighted by Crippen LogP contribution is 2.22. The monoisotopic (exact) mass is 296 g/mol. The highest BCUT2D eigenvalue weighted by Gasteiger charge is 2.11. The predicted molar refractivity (Wildman–Crippen MR) is 86.2 cm³/mol. The van der Waals surface area contributed by atoms with E-state index in [1.807, 2.05) is 4.57 Å². The lowest BCUT2D eigenvalue weighted by Gasteiger charge is -2.26. The second-order valence-electron chi connectivity index (χ2n) is 5.75. The Balaban J connectivity index is 1.56. The van der Waals surface area contributed by atoms with Gasteiger partial charge in [-0.05, 0) is 30.2 Å². The molecule has 114 valence electrons. The number of hydrogen-bond donors (Lipinski definition) is 2. The van der Waals surface area contributed by atoms with Crippen LogP contribution in [0.4, 0.5) is 0 Å². The molecular formula is C16H20N6. The zero-order chi connectivity index (χ0) is 14.8. The summed E-state index contributed by atoms with van der Waals surface area (Å²) in [7, 11) is 0. The maximum absolute atomic E-state index is 3.88. The van der Waals surface area contributed by atoms with Crippen LogP contribution in [-0.4, -0.2) is 57.4 Å². The number of H-pyrrole nitrogens is 1. The normalized spacial score (nSPS) is 16.4. The number of fused-ring (bicyclic) bond motifs is 1. The summed E-state index contributed by atoms with van der Waals surface area (Å²) in [6.07, 6.45) is 6.68. The SMILES string of the molecule is c1cc2[nH]cc(CCN3CCNCC3)c2cc1-n1cnnc1. The lowest BCUT2D eigenvalue weighted by molar-refractivity contribution is 0.244. The van der Waals surface area contributed by atoms with Gasteiger partial charge in [0.05, 0.1) is 0 Å². The van der Waals surface area contributed by atoms with Crippen LogP contribution in [0.3, 0.4) is 0 Å². The number of piperazine rings is 1. The molecule has 0 saturated carbocycles. The van der Waals surface area contributed by atoms with Crippen LogP contribution in [0.25, 0.3) is 16.6 Å².